The van der Waals surface area contributed by atoms with E-state index in [4.69, 9.17) is 5.26 Å². The van der Waals surface area contributed by atoms with Gasteiger partial charge >= 0.3 is 6.18 Å². The average Bonchev–Trinajstić information content (AvgIpc) is 2.81. The molecule has 0 aromatic heterocycles. The van der Waals surface area contributed by atoms with Gasteiger partial charge in [0.2, 0.25) is 5.91 Å². The maximum atomic E-state index is 11.7. The van der Waals surface area contributed by atoms with E-state index in [1.165, 1.54) is 0 Å². The summed E-state index contributed by atoms with van der Waals surface area (Å²) >= 11 is 0. The summed E-state index contributed by atoms with van der Waals surface area (Å²) in [7, 11) is 0. The van der Waals surface area contributed by atoms with Gasteiger partial charge in [-0.2, -0.15) is 18.4 Å². The van der Waals surface area contributed by atoms with Crippen molar-refractivity contribution in [3.05, 3.63) is 0 Å². The molecule has 0 unspecified atom stereocenters. The molecule has 1 fully saturated rings. The van der Waals surface area contributed by atoms with Gasteiger partial charge in [0.25, 0.3) is 0 Å². The molecule has 0 saturated heterocycles. The van der Waals surface area contributed by atoms with Gasteiger partial charge in [0.15, 0.2) is 0 Å². The molecule has 0 atom stereocenters. The van der Waals surface area contributed by atoms with Crippen LogP contribution in [0.3, 0.4) is 0 Å². The highest BCUT2D eigenvalue weighted by molar-refractivity contribution is 5.88. The molecule has 1 rings (SSSR count). The molecule has 1 saturated carbocycles. The fourth-order valence-corrected chi connectivity index (χ4v) is 1.00. The van der Waals surface area contributed by atoms with Gasteiger partial charge in [0.05, 0.1) is 12.5 Å². The number of carbonyl (C=O) groups excluding carboxylic acids is 1. The van der Waals surface area contributed by atoms with E-state index in [9.17, 15) is 18.0 Å². The second-order valence-electron chi connectivity index (χ2n) is 3.31. The zero-order valence-corrected chi connectivity index (χ0v) is 7.32. The van der Waals surface area contributed by atoms with E-state index in [0.29, 0.717) is 12.8 Å². The average molecular weight is 206 g/mol. The fourth-order valence-electron chi connectivity index (χ4n) is 1.00. The van der Waals surface area contributed by atoms with Gasteiger partial charge in [-0.05, 0) is 12.8 Å². The molecule has 0 aliphatic heterocycles. The highest BCUT2D eigenvalue weighted by atomic mass is 19.4. The van der Waals surface area contributed by atoms with Crippen molar-refractivity contribution >= 4 is 5.91 Å². The summed E-state index contributed by atoms with van der Waals surface area (Å²) in [6.07, 6.45) is -4.43. The van der Waals surface area contributed by atoms with Crippen LogP contribution in [-0.2, 0) is 4.79 Å². The molecule has 0 radical (unpaired) electrons. The Morgan fingerprint density at radius 2 is 2.07 bits per heavy atom. The first kappa shape index (κ1) is 10.8. The molecular weight excluding hydrogens is 197 g/mol. The van der Waals surface area contributed by atoms with Gasteiger partial charge in [-0.3, -0.25) is 4.79 Å². The first-order valence-corrected chi connectivity index (χ1v) is 4.16. The number of rotatable bonds is 3. The van der Waals surface area contributed by atoms with Crippen molar-refractivity contribution in [2.24, 2.45) is 5.41 Å². The maximum absolute atomic E-state index is 11.7. The lowest BCUT2D eigenvalue weighted by Gasteiger charge is -2.09. The van der Waals surface area contributed by atoms with Crippen LogP contribution in [0.15, 0.2) is 0 Å². The van der Waals surface area contributed by atoms with Gasteiger partial charge < -0.3 is 5.32 Å². The predicted octanol–water partition coefficient (Wildman–Crippen LogP) is 1.36. The lowest BCUT2D eigenvalue weighted by Crippen LogP contribution is -2.33. The Labute approximate surface area is 78.9 Å². The summed E-state index contributed by atoms with van der Waals surface area (Å²) in [6.45, 7) is -0.453. The van der Waals surface area contributed by atoms with Crippen molar-refractivity contribution in [3.63, 3.8) is 0 Å². The number of hydrogen-bond acceptors (Lipinski definition) is 2. The molecule has 14 heavy (non-hydrogen) atoms. The normalized spacial score (nSPS) is 18.4. The van der Waals surface area contributed by atoms with Crippen LogP contribution in [-0.4, -0.2) is 18.6 Å². The van der Waals surface area contributed by atoms with E-state index in [2.05, 4.69) is 5.32 Å². The number of nitrogens with zero attached hydrogens (tertiary/aromatic N) is 1. The number of nitriles is 1. The van der Waals surface area contributed by atoms with Crippen LogP contribution < -0.4 is 5.32 Å². The molecule has 0 spiro atoms. The number of halogens is 3. The highest BCUT2D eigenvalue weighted by Gasteiger charge is 2.50. The van der Waals surface area contributed by atoms with E-state index in [-0.39, 0.29) is 0 Å². The van der Waals surface area contributed by atoms with E-state index in [1.54, 1.807) is 6.07 Å². The standard InChI is InChI=1S/C8H9F3N2O/c9-8(10,11)3-4-13-6(14)7(5-12)1-2-7/h1-4H2,(H,13,14). The SMILES string of the molecule is N#CC1(C(=O)NCCC(F)(F)F)CC1. The van der Waals surface area contributed by atoms with Gasteiger partial charge in [0, 0.05) is 6.54 Å². The first-order chi connectivity index (χ1) is 6.40. The summed E-state index contributed by atoms with van der Waals surface area (Å²) < 4.78 is 35.1. The van der Waals surface area contributed by atoms with Crippen LogP contribution in [0, 0.1) is 16.7 Å². The van der Waals surface area contributed by atoms with Crippen molar-refractivity contribution in [2.75, 3.05) is 6.54 Å². The number of amides is 1. The zero-order valence-electron chi connectivity index (χ0n) is 7.32. The Morgan fingerprint density at radius 1 is 1.50 bits per heavy atom. The number of hydrogen-bond donors (Lipinski definition) is 1. The fraction of sp³-hybridized carbons (Fsp3) is 0.750. The quantitative estimate of drug-likeness (QED) is 0.757. The number of carbonyl (C=O) groups is 1. The topological polar surface area (TPSA) is 52.9 Å². The Kier molecular flexibility index (Phi) is 2.69. The van der Waals surface area contributed by atoms with E-state index in [1.807, 2.05) is 0 Å². The van der Waals surface area contributed by atoms with Crippen LogP contribution in [0.5, 0.6) is 0 Å². The molecule has 0 aromatic rings. The van der Waals surface area contributed by atoms with Crippen LogP contribution in [0.2, 0.25) is 0 Å². The number of alkyl halides is 3. The monoisotopic (exact) mass is 206 g/mol. The summed E-state index contributed by atoms with van der Waals surface area (Å²) in [5.41, 5.74) is -1.04. The molecule has 0 heterocycles. The predicted molar refractivity (Wildman–Crippen MR) is 41.0 cm³/mol. The molecule has 0 aromatic carbocycles. The third-order valence-corrected chi connectivity index (χ3v) is 2.09. The van der Waals surface area contributed by atoms with Crippen molar-refractivity contribution in [1.82, 2.24) is 5.32 Å². The second kappa shape index (κ2) is 3.48. The summed E-state index contributed by atoms with van der Waals surface area (Å²) in [6, 6.07) is 1.81. The largest absolute Gasteiger partial charge is 0.390 e. The first-order valence-electron chi connectivity index (χ1n) is 4.16. The van der Waals surface area contributed by atoms with Crippen molar-refractivity contribution in [1.29, 1.82) is 5.26 Å². The smallest absolute Gasteiger partial charge is 0.354 e. The Hall–Kier alpha value is -1.25. The third-order valence-electron chi connectivity index (χ3n) is 2.09. The minimum atomic E-state index is -4.27. The van der Waals surface area contributed by atoms with Gasteiger partial charge in [-0.15, -0.1) is 0 Å². The molecule has 0 bridgehead atoms. The summed E-state index contributed by atoms with van der Waals surface area (Å²) in [5.74, 6) is -0.579. The molecule has 1 aliphatic carbocycles. The van der Waals surface area contributed by atoms with E-state index >= 15 is 0 Å². The van der Waals surface area contributed by atoms with Crippen LogP contribution in [0.1, 0.15) is 19.3 Å². The molecule has 3 nitrogen and oxygen atoms in total. The van der Waals surface area contributed by atoms with E-state index in [0.717, 1.165) is 0 Å². The molecule has 78 valence electrons. The Morgan fingerprint density at radius 3 is 2.43 bits per heavy atom. The van der Waals surface area contributed by atoms with Crippen LogP contribution in [0.25, 0.3) is 0 Å². The Bertz CT molecular complexity index is 275. The third kappa shape index (κ3) is 2.62. The molecule has 1 aliphatic rings. The second-order valence-corrected chi connectivity index (χ2v) is 3.31. The summed E-state index contributed by atoms with van der Waals surface area (Å²) in [5, 5.41) is 10.7. The van der Waals surface area contributed by atoms with Crippen LogP contribution >= 0.6 is 0 Å². The van der Waals surface area contributed by atoms with Gasteiger partial charge in [-0.25, -0.2) is 0 Å². The maximum Gasteiger partial charge on any atom is 0.390 e. The zero-order chi connectivity index (χ0) is 10.8. The lowest BCUT2D eigenvalue weighted by atomic mass is 10.1. The highest BCUT2D eigenvalue weighted by Crippen LogP contribution is 2.44. The van der Waals surface area contributed by atoms with Gasteiger partial charge in [0.1, 0.15) is 5.41 Å². The van der Waals surface area contributed by atoms with Crippen LogP contribution in [0.4, 0.5) is 13.2 Å². The Balaban J connectivity index is 2.27. The molecular formula is C8H9F3N2O. The lowest BCUT2D eigenvalue weighted by molar-refractivity contribution is -0.136. The van der Waals surface area contributed by atoms with Crippen molar-refractivity contribution < 1.29 is 18.0 Å². The van der Waals surface area contributed by atoms with Crippen molar-refractivity contribution in [2.45, 2.75) is 25.4 Å². The minimum Gasteiger partial charge on any atom is -0.354 e. The molecule has 1 amide bonds. The molecule has 1 N–H and O–H groups in total. The number of nitrogens with one attached hydrogen (secondary N) is 1. The van der Waals surface area contributed by atoms with Crippen molar-refractivity contribution in [3.8, 4) is 6.07 Å². The summed E-state index contributed by atoms with van der Waals surface area (Å²) in [4.78, 5) is 11.1. The minimum absolute atomic E-state index is 0.446. The van der Waals surface area contributed by atoms with E-state index < -0.39 is 30.5 Å². The van der Waals surface area contributed by atoms with Gasteiger partial charge in [-0.1, -0.05) is 0 Å². The molecule has 6 heteroatoms.